The van der Waals surface area contributed by atoms with Gasteiger partial charge in [-0.2, -0.15) is 0 Å². The van der Waals surface area contributed by atoms with E-state index in [0.29, 0.717) is 15.0 Å². The first-order chi connectivity index (χ1) is 12.0. The first-order valence-electron chi connectivity index (χ1n) is 7.75. The number of anilines is 1. The molecule has 0 aromatic heterocycles. The van der Waals surface area contributed by atoms with Crippen LogP contribution in [0.4, 0.5) is 10.1 Å². The summed E-state index contributed by atoms with van der Waals surface area (Å²) in [5.74, 6) is -0.128. The minimum Gasteiger partial charge on any atom is -0.490 e. The van der Waals surface area contributed by atoms with Crippen molar-refractivity contribution in [1.29, 1.82) is 0 Å². The van der Waals surface area contributed by atoms with E-state index in [9.17, 15) is 9.18 Å². The zero-order valence-electron chi connectivity index (χ0n) is 13.7. The van der Waals surface area contributed by atoms with Gasteiger partial charge in [-0.05, 0) is 38.1 Å². The number of para-hydroxylation sites is 2. The van der Waals surface area contributed by atoms with Crippen molar-refractivity contribution in [2.45, 2.75) is 20.0 Å². The number of hydrogen-bond acceptors (Lipinski definition) is 4. The number of hydrogen-bond donors (Lipinski definition) is 0. The Morgan fingerprint density at radius 3 is 2.56 bits per heavy atom. The van der Waals surface area contributed by atoms with Gasteiger partial charge in [-0.25, -0.2) is 4.39 Å². The summed E-state index contributed by atoms with van der Waals surface area (Å²) in [7, 11) is 0. The molecular weight excluding hydrogens is 357 g/mol. The lowest BCUT2D eigenvalue weighted by atomic mass is 10.1. The second-order valence-corrected chi connectivity index (χ2v) is 7.35. The molecule has 128 valence electrons. The van der Waals surface area contributed by atoms with Crippen LogP contribution in [0.5, 0.6) is 5.75 Å². The lowest BCUT2D eigenvalue weighted by molar-refractivity contribution is -0.113. The van der Waals surface area contributed by atoms with E-state index >= 15 is 0 Å². The number of carbonyl (C=O) groups is 1. The Labute approximate surface area is 155 Å². The Balaban J connectivity index is 1.96. The maximum atomic E-state index is 14.0. The summed E-state index contributed by atoms with van der Waals surface area (Å²) in [6.45, 7) is 3.88. The summed E-state index contributed by atoms with van der Waals surface area (Å²) in [5, 5.41) is 0. The molecule has 0 saturated carbocycles. The van der Waals surface area contributed by atoms with E-state index in [1.165, 1.54) is 11.0 Å². The third kappa shape index (κ3) is 3.75. The first-order valence-corrected chi connectivity index (χ1v) is 8.98. The van der Waals surface area contributed by atoms with E-state index in [4.69, 9.17) is 17.0 Å². The van der Waals surface area contributed by atoms with Gasteiger partial charge in [0.05, 0.1) is 16.7 Å². The van der Waals surface area contributed by atoms with Gasteiger partial charge in [0.25, 0.3) is 5.91 Å². The van der Waals surface area contributed by atoms with E-state index in [-0.39, 0.29) is 17.7 Å². The SMILES string of the molecule is CC(C)Oc1ccccc1/C=C1/SC(=S)N(c2ccccc2F)C1=O. The monoisotopic (exact) mass is 373 g/mol. The molecule has 1 heterocycles. The summed E-state index contributed by atoms with van der Waals surface area (Å²) in [6, 6.07) is 13.6. The summed E-state index contributed by atoms with van der Waals surface area (Å²) in [5.41, 5.74) is 0.949. The van der Waals surface area contributed by atoms with Crippen molar-refractivity contribution < 1.29 is 13.9 Å². The number of ether oxygens (including phenoxy) is 1. The number of amides is 1. The molecule has 0 N–H and O–H groups in total. The average molecular weight is 373 g/mol. The molecule has 1 fully saturated rings. The maximum Gasteiger partial charge on any atom is 0.270 e. The van der Waals surface area contributed by atoms with Crippen LogP contribution in [0.25, 0.3) is 6.08 Å². The smallest absolute Gasteiger partial charge is 0.270 e. The van der Waals surface area contributed by atoms with Crippen LogP contribution in [-0.4, -0.2) is 16.3 Å². The minimum atomic E-state index is -0.483. The molecule has 0 atom stereocenters. The standard InChI is InChI=1S/C19H16FNO2S2/c1-12(2)23-16-10-6-3-7-13(16)11-17-18(22)21(19(24)25-17)15-9-5-4-8-14(15)20/h3-12H,1-2H3/b17-11+. The molecule has 3 nitrogen and oxygen atoms in total. The average Bonchev–Trinajstić information content (AvgIpc) is 2.84. The maximum absolute atomic E-state index is 14.0. The summed E-state index contributed by atoms with van der Waals surface area (Å²) < 4.78 is 20.1. The van der Waals surface area contributed by atoms with Crippen molar-refractivity contribution in [3.8, 4) is 5.75 Å². The van der Waals surface area contributed by atoms with Crippen molar-refractivity contribution >= 4 is 46.0 Å². The highest BCUT2D eigenvalue weighted by atomic mass is 32.2. The number of nitrogens with zero attached hydrogens (tertiary/aromatic N) is 1. The molecule has 0 spiro atoms. The van der Waals surface area contributed by atoms with Crippen molar-refractivity contribution in [2.24, 2.45) is 0 Å². The number of halogens is 1. The quantitative estimate of drug-likeness (QED) is 0.556. The van der Waals surface area contributed by atoms with Gasteiger partial charge in [-0.1, -0.05) is 54.3 Å². The number of benzene rings is 2. The second-order valence-electron chi connectivity index (χ2n) is 5.67. The first kappa shape index (κ1) is 17.6. The van der Waals surface area contributed by atoms with Crippen molar-refractivity contribution in [3.05, 3.63) is 64.8 Å². The van der Waals surface area contributed by atoms with E-state index in [2.05, 4.69) is 0 Å². The van der Waals surface area contributed by atoms with Gasteiger partial charge < -0.3 is 4.74 Å². The molecule has 6 heteroatoms. The van der Waals surface area contributed by atoms with Gasteiger partial charge in [0.2, 0.25) is 0 Å². The normalized spacial score (nSPS) is 16.2. The molecule has 1 amide bonds. The number of thioether (sulfide) groups is 1. The third-order valence-electron chi connectivity index (χ3n) is 3.46. The van der Waals surface area contributed by atoms with Gasteiger partial charge in [-0.3, -0.25) is 9.69 Å². The highest BCUT2D eigenvalue weighted by Gasteiger charge is 2.34. The van der Waals surface area contributed by atoms with Crippen LogP contribution in [0.1, 0.15) is 19.4 Å². The topological polar surface area (TPSA) is 29.5 Å². The van der Waals surface area contributed by atoms with Gasteiger partial charge in [0, 0.05) is 5.56 Å². The molecule has 0 aliphatic carbocycles. The molecule has 1 saturated heterocycles. The second kappa shape index (κ2) is 7.37. The highest BCUT2D eigenvalue weighted by molar-refractivity contribution is 8.27. The van der Waals surface area contributed by atoms with Crippen LogP contribution in [0.2, 0.25) is 0 Å². The van der Waals surface area contributed by atoms with Crippen LogP contribution in [0, 0.1) is 5.82 Å². The van der Waals surface area contributed by atoms with E-state index < -0.39 is 5.82 Å². The van der Waals surface area contributed by atoms with Crippen molar-refractivity contribution in [2.75, 3.05) is 4.90 Å². The van der Waals surface area contributed by atoms with Gasteiger partial charge in [-0.15, -0.1) is 0 Å². The van der Waals surface area contributed by atoms with E-state index in [1.54, 1.807) is 24.3 Å². The van der Waals surface area contributed by atoms with Crippen LogP contribution in [0.3, 0.4) is 0 Å². The van der Waals surface area contributed by atoms with Crippen LogP contribution in [0.15, 0.2) is 53.4 Å². The molecule has 25 heavy (non-hydrogen) atoms. The third-order valence-corrected chi connectivity index (χ3v) is 4.76. The van der Waals surface area contributed by atoms with Gasteiger partial charge in [0.15, 0.2) is 4.32 Å². The lowest BCUT2D eigenvalue weighted by Crippen LogP contribution is -2.28. The Morgan fingerprint density at radius 2 is 1.84 bits per heavy atom. The Bertz CT molecular complexity index is 864. The largest absolute Gasteiger partial charge is 0.490 e. The summed E-state index contributed by atoms with van der Waals surface area (Å²) in [6.07, 6.45) is 1.75. The number of carbonyl (C=O) groups excluding carboxylic acids is 1. The zero-order valence-corrected chi connectivity index (χ0v) is 15.4. The summed E-state index contributed by atoms with van der Waals surface area (Å²) in [4.78, 5) is 14.4. The number of thiocarbonyl (C=S) groups is 1. The highest BCUT2D eigenvalue weighted by Crippen LogP contribution is 2.38. The lowest BCUT2D eigenvalue weighted by Gasteiger charge is -2.15. The molecule has 2 aromatic carbocycles. The van der Waals surface area contributed by atoms with E-state index in [1.807, 2.05) is 38.1 Å². The Hall–Kier alpha value is -2.18. The fraction of sp³-hybridized carbons (Fsp3) is 0.158. The molecule has 0 unspecified atom stereocenters. The summed E-state index contributed by atoms with van der Waals surface area (Å²) >= 11 is 6.44. The molecule has 1 aliphatic heterocycles. The predicted molar refractivity (Wildman–Crippen MR) is 104 cm³/mol. The van der Waals surface area contributed by atoms with Gasteiger partial charge in [0.1, 0.15) is 11.6 Å². The predicted octanol–water partition coefficient (Wildman–Crippen LogP) is 5.02. The molecule has 2 aromatic rings. The van der Waals surface area contributed by atoms with Gasteiger partial charge >= 0.3 is 0 Å². The fourth-order valence-corrected chi connectivity index (χ4v) is 3.69. The van der Waals surface area contributed by atoms with Crippen LogP contribution >= 0.6 is 24.0 Å². The van der Waals surface area contributed by atoms with E-state index in [0.717, 1.165) is 17.3 Å². The molecule has 3 rings (SSSR count). The molecule has 0 bridgehead atoms. The van der Waals surface area contributed by atoms with Crippen molar-refractivity contribution in [1.82, 2.24) is 0 Å². The molecule has 0 radical (unpaired) electrons. The van der Waals surface area contributed by atoms with Crippen LogP contribution < -0.4 is 9.64 Å². The minimum absolute atomic E-state index is 0.0162. The molecule has 1 aliphatic rings. The van der Waals surface area contributed by atoms with Crippen molar-refractivity contribution in [3.63, 3.8) is 0 Å². The van der Waals surface area contributed by atoms with Crippen LogP contribution in [-0.2, 0) is 4.79 Å². The fourth-order valence-electron chi connectivity index (χ4n) is 2.41. The number of rotatable bonds is 4. The zero-order chi connectivity index (χ0) is 18.0. The molecular formula is C19H16FNO2S2. The Morgan fingerprint density at radius 1 is 1.16 bits per heavy atom. The Kier molecular flexibility index (Phi) is 5.20.